The first kappa shape index (κ1) is 9.21. The molecule has 1 aromatic carbocycles. The third kappa shape index (κ3) is 1.40. The van der Waals surface area contributed by atoms with Crippen LogP contribution in [0.2, 0.25) is 0 Å². The molecule has 1 amide bonds. The number of hydrogen-bond donors (Lipinski definition) is 1. The molecule has 2 rings (SSSR count). The van der Waals surface area contributed by atoms with Crippen LogP contribution in [0.3, 0.4) is 0 Å². The second-order valence-electron chi connectivity index (χ2n) is 3.63. The van der Waals surface area contributed by atoms with Crippen LogP contribution < -0.4 is 0 Å². The second-order valence-corrected chi connectivity index (χ2v) is 3.63. The maximum absolute atomic E-state index is 11.6. The molecule has 0 spiro atoms. The Bertz CT molecular complexity index is 374. The Morgan fingerprint density at radius 2 is 2.29 bits per heavy atom. The van der Waals surface area contributed by atoms with Crippen LogP contribution >= 0.6 is 0 Å². The van der Waals surface area contributed by atoms with Gasteiger partial charge in [0.15, 0.2) is 0 Å². The summed E-state index contributed by atoms with van der Waals surface area (Å²) in [7, 11) is 1.80. The minimum atomic E-state index is 0.0831. The lowest BCUT2D eigenvalue weighted by Crippen LogP contribution is -2.17. The van der Waals surface area contributed by atoms with E-state index < -0.39 is 0 Å². The molecule has 74 valence electrons. The summed E-state index contributed by atoms with van der Waals surface area (Å²) >= 11 is 0. The average molecular weight is 191 g/mol. The molecule has 1 aliphatic heterocycles. The molecular weight excluding hydrogens is 178 g/mol. The molecule has 0 unspecified atom stereocenters. The first-order valence-electron chi connectivity index (χ1n) is 4.70. The summed E-state index contributed by atoms with van der Waals surface area (Å²) in [6.07, 6.45) is 0.615. The van der Waals surface area contributed by atoms with Crippen molar-refractivity contribution in [2.24, 2.45) is 0 Å². The predicted octanol–water partition coefficient (Wildman–Crippen LogP) is 0.807. The van der Waals surface area contributed by atoms with Crippen LogP contribution in [0, 0.1) is 0 Å². The highest BCUT2D eigenvalue weighted by atomic mass is 16.3. The van der Waals surface area contributed by atoms with Crippen LogP contribution in [0.15, 0.2) is 18.2 Å². The van der Waals surface area contributed by atoms with Crippen LogP contribution in [0.4, 0.5) is 0 Å². The third-order valence-corrected chi connectivity index (χ3v) is 2.56. The number of hydrogen-bond acceptors (Lipinski definition) is 2. The first-order valence-corrected chi connectivity index (χ1v) is 4.70. The minimum absolute atomic E-state index is 0.0831. The number of nitrogens with zero attached hydrogens (tertiary/aromatic N) is 1. The number of aliphatic hydroxyl groups excluding tert-OH is 1. The standard InChI is InChI=1S/C11H13NO2/c1-12-7-9-3-2-8(4-5-13)6-10(9)11(12)14/h2-3,6,13H,4-5,7H2,1H3. The van der Waals surface area contributed by atoms with Gasteiger partial charge in [0.05, 0.1) is 0 Å². The van der Waals surface area contributed by atoms with Crippen LogP contribution in [0.1, 0.15) is 21.5 Å². The van der Waals surface area contributed by atoms with E-state index in [2.05, 4.69) is 0 Å². The summed E-state index contributed by atoms with van der Waals surface area (Å²) in [5.41, 5.74) is 2.90. The van der Waals surface area contributed by atoms with Crippen molar-refractivity contribution < 1.29 is 9.90 Å². The molecule has 0 fully saturated rings. The van der Waals surface area contributed by atoms with Gasteiger partial charge in [-0.15, -0.1) is 0 Å². The average Bonchev–Trinajstić information content (AvgIpc) is 2.45. The number of rotatable bonds is 2. The zero-order valence-corrected chi connectivity index (χ0v) is 8.16. The molecule has 14 heavy (non-hydrogen) atoms. The summed E-state index contributed by atoms with van der Waals surface area (Å²) in [6, 6.07) is 5.83. The zero-order valence-electron chi connectivity index (χ0n) is 8.16. The predicted molar refractivity (Wildman–Crippen MR) is 53.0 cm³/mol. The quantitative estimate of drug-likeness (QED) is 0.751. The molecule has 0 atom stereocenters. The van der Waals surface area contributed by atoms with E-state index in [1.54, 1.807) is 11.9 Å². The van der Waals surface area contributed by atoms with Gasteiger partial charge in [-0.25, -0.2) is 0 Å². The Kier molecular flexibility index (Phi) is 2.25. The van der Waals surface area contributed by atoms with Gasteiger partial charge in [0.1, 0.15) is 0 Å². The first-order chi connectivity index (χ1) is 6.72. The highest BCUT2D eigenvalue weighted by Crippen LogP contribution is 2.22. The fraction of sp³-hybridized carbons (Fsp3) is 0.364. The van der Waals surface area contributed by atoms with Gasteiger partial charge in [-0.1, -0.05) is 12.1 Å². The van der Waals surface area contributed by atoms with Gasteiger partial charge in [-0.05, 0) is 23.6 Å². The Morgan fingerprint density at radius 3 is 3.00 bits per heavy atom. The molecular formula is C11H13NO2. The molecule has 0 aliphatic carbocycles. The fourth-order valence-corrected chi connectivity index (χ4v) is 1.78. The SMILES string of the molecule is CN1Cc2ccc(CCO)cc2C1=O. The van der Waals surface area contributed by atoms with E-state index in [0.29, 0.717) is 13.0 Å². The lowest BCUT2D eigenvalue weighted by Gasteiger charge is -2.04. The van der Waals surface area contributed by atoms with Crippen molar-refractivity contribution in [3.05, 3.63) is 34.9 Å². The van der Waals surface area contributed by atoms with Gasteiger partial charge < -0.3 is 10.0 Å². The zero-order chi connectivity index (χ0) is 10.1. The van der Waals surface area contributed by atoms with Crippen molar-refractivity contribution in [3.8, 4) is 0 Å². The maximum atomic E-state index is 11.6. The normalized spacial score (nSPS) is 14.7. The number of benzene rings is 1. The maximum Gasteiger partial charge on any atom is 0.254 e. The Labute approximate surface area is 83.0 Å². The van der Waals surface area contributed by atoms with E-state index in [9.17, 15) is 4.79 Å². The Morgan fingerprint density at radius 1 is 1.50 bits per heavy atom. The van der Waals surface area contributed by atoms with Crippen molar-refractivity contribution in [1.29, 1.82) is 0 Å². The number of carbonyl (C=O) groups excluding carboxylic acids is 1. The number of fused-ring (bicyclic) bond motifs is 1. The fourth-order valence-electron chi connectivity index (χ4n) is 1.78. The van der Waals surface area contributed by atoms with E-state index in [1.165, 1.54) is 0 Å². The molecule has 0 bridgehead atoms. The summed E-state index contributed by atoms with van der Waals surface area (Å²) in [6.45, 7) is 0.830. The highest BCUT2D eigenvalue weighted by Gasteiger charge is 2.23. The third-order valence-electron chi connectivity index (χ3n) is 2.56. The van der Waals surface area contributed by atoms with Gasteiger partial charge >= 0.3 is 0 Å². The van der Waals surface area contributed by atoms with Crippen molar-refractivity contribution in [1.82, 2.24) is 4.90 Å². The number of carbonyl (C=O) groups is 1. The highest BCUT2D eigenvalue weighted by molar-refractivity contribution is 5.98. The Balaban J connectivity index is 2.36. The molecule has 1 N–H and O–H groups in total. The topological polar surface area (TPSA) is 40.5 Å². The number of aliphatic hydroxyl groups is 1. The molecule has 0 aromatic heterocycles. The van der Waals surface area contributed by atoms with Gasteiger partial charge in [0.25, 0.3) is 5.91 Å². The summed E-state index contributed by atoms with van der Waals surface area (Å²) in [4.78, 5) is 13.3. The monoisotopic (exact) mass is 191 g/mol. The van der Waals surface area contributed by atoms with Crippen molar-refractivity contribution in [2.45, 2.75) is 13.0 Å². The van der Waals surface area contributed by atoms with E-state index in [-0.39, 0.29) is 12.5 Å². The van der Waals surface area contributed by atoms with Gasteiger partial charge in [-0.3, -0.25) is 4.79 Å². The molecule has 1 heterocycles. The van der Waals surface area contributed by atoms with Crippen molar-refractivity contribution >= 4 is 5.91 Å². The molecule has 1 aromatic rings. The molecule has 3 nitrogen and oxygen atoms in total. The van der Waals surface area contributed by atoms with Gasteiger partial charge in [0.2, 0.25) is 0 Å². The van der Waals surface area contributed by atoms with Crippen molar-refractivity contribution in [2.75, 3.05) is 13.7 Å². The second kappa shape index (κ2) is 3.42. The lowest BCUT2D eigenvalue weighted by molar-refractivity contribution is 0.0816. The molecule has 3 heteroatoms. The smallest absolute Gasteiger partial charge is 0.254 e. The van der Waals surface area contributed by atoms with Crippen LogP contribution in [0.5, 0.6) is 0 Å². The van der Waals surface area contributed by atoms with E-state index in [1.807, 2.05) is 18.2 Å². The largest absolute Gasteiger partial charge is 0.396 e. The molecule has 0 saturated carbocycles. The van der Waals surface area contributed by atoms with E-state index in [4.69, 9.17) is 5.11 Å². The van der Waals surface area contributed by atoms with Gasteiger partial charge in [0, 0.05) is 25.8 Å². The summed E-state index contributed by atoms with van der Waals surface area (Å²) < 4.78 is 0. The number of amides is 1. The van der Waals surface area contributed by atoms with Crippen LogP contribution in [-0.2, 0) is 13.0 Å². The van der Waals surface area contributed by atoms with Crippen molar-refractivity contribution in [3.63, 3.8) is 0 Å². The van der Waals surface area contributed by atoms with E-state index >= 15 is 0 Å². The Hall–Kier alpha value is -1.35. The molecule has 1 aliphatic rings. The minimum Gasteiger partial charge on any atom is -0.396 e. The van der Waals surface area contributed by atoms with E-state index in [0.717, 1.165) is 16.7 Å². The lowest BCUT2D eigenvalue weighted by atomic mass is 10.0. The van der Waals surface area contributed by atoms with Crippen LogP contribution in [-0.4, -0.2) is 29.6 Å². The molecule has 0 saturated heterocycles. The van der Waals surface area contributed by atoms with Crippen LogP contribution in [0.25, 0.3) is 0 Å². The van der Waals surface area contributed by atoms with Gasteiger partial charge in [-0.2, -0.15) is 0 Å². The summed E-state index contributed by atoms with van der Waals surface area (Å²) in [5.74, 6) is 0.0831. The summed E-state index contributed by atoms with van der Waals surface area (Å²) in [5, 5.41) is 8.79. The molecule has 0 radical (unpaired) electrons.